The number of benzene rings is 2. The van der Waals surface area contributed by atoms with Crippen LogP contribution in [0.25, 0.3) is 0 Å². The fraction of sp³-hybridized carbons (Fsp3) is 0.440. The lowest BCUT2D eigenvalue weighted by Crippen LogP contribution is -2.57. The van der Waals surface area contributed by atoms with E-state index in [0.29, 0.717) is 6.42 Å². The summed E-state index contributed by atoms with van der Waals surface area (Å²) in [6, 6.07) is 15.6. The molecule has 2 fully saturated rings. The maximum atomic E-state index is 13.3. The number of nitrogens with one attached hydrogen (secondary N) is 1. The largest absolute Gasteiger partial charge is 0.497 e. The molecular formula is C25H31N3O4. The summed E-state index contributed by atoms with van der Waals surface area (Å²) in [5.74, 6) is 1.53. The summed E-state index contributed by atoms with van der Waals surface area (Å²) in [5, 5.41) is 3.06. The summed E-state index contributed by atoms with van der Waals surface area (Å²) in [7, 11) is 4.86. The predicted molar refractivity (Wildman–Crippen MR) is 122 cm³/mol. The minimum Gasteiger partial charge on any atom is -0.497 e. The van der Waals surface area contributed by atoms with Gasteiger partial charge in [0, 0.05) is 20.0 Å². The Bertz CT molecular complexity index is 969. The molecule has 2 heterocycles. The molecule has 2 aliphatic rings. The van der Waals surface area contributed by atoms with Gasteiger partial charge in [-0.3, -0.25) is 14.6 Å². The smallest absolute Gasteiger partial charge is 0.324 e. The minimum absolute atomic E-state index is 0.0715. The van der Waals surface area contributed by atoms with E-state index in [1.54, 1.807) is 21.3 Å². The van der Waals surface area contributed by atoms with Crippen molar-refractivity contribution in [2.75, 3.05) is 34.4 Å². The van der Waals surface area contributed by atoms with Gasteiger partial charge in [-0.25, -0.2) is 4.79 Å². The second-order valence-corrected chi connectivity index (χ2v) is 8.69. The normalized spacial score (nSPS) is 22.2. The van der Waals surface area contributed by atoms with E-state index in [0.717, 1.165) is 49.5 Å². The number of ether oxygens (including phenoxy) is 2. The van der Waals surface area contributed by atoms with E-state index < -0.39 is 5.54 Å². The molecule has 2 saturated heterocycles. The monoisotopic (exact) mass is 437 g/mol. The van der Waals surface area contributed by atoms with E-state index in [1.165, 1.54) is 10.5 Å². The lowest BCUT2D eigenvalue weighted by molar-refractivity contribution is -0.133. The van der Waals surface area contributed by atoms with Gasteiger partial charge in [-0.15, -0.1) is 0 Å². The van der Waals surface area contributed by atoms with Gasteiger partial charge in [0.1, 0.15) is 17.0 Å². The average molecular weight is 438 g/mol. The highest BCUT2D eigenvalue weighted by atomic mass is 16.5. The Labute approximate surface area is 189 Å². The molecular weight excluding hydrogens is 406 g/mol. The highest BCUT2D eigenvalue weighted by Crippen LogP contribution is 2.37. The summed E-state index contributed by atoms with van der Waals surface area (Å²) in [6.45, 7) is 2.62. The Hall–Kier alpha value is -3.06. The van der Waals surface area contributed by atoms with Gasteiger partial charge in [-0.2, -0.15) is 0 Å². The number of hydrogen-bond donors (Lipinski definition) is 1. The lowest BCUT2D eigenvalue weighted by Gasteiger charge is -2.41. The van der Waals surface area contributed by atoms with Gasteiger partial charge in [-0.1, -0.05) is 24.3 Å². The maximum Gasteiger partial charge on any atom is 0.324 e. The van der Waals surface area contributed by atoms with E-state index in [2.05, 4.69) is 22.3 Å². The van der Waals surface area contributed by atoms with Gasteiger partial charge in [0.05, 0.1) is 14.2 Å². The van der Waals surface area contributed by atoms with Crippen molar-refractivity contribution >= 4 is 11.9 Å². The predicted octanol–water partition coefficient (Wildman–Crippen LogP) is 3.08. The number of carbonyl (C=O) groups excluding carboxylic acids is 2. The number of nitrogens with zero attached hydrogens (tertiary/aromatic N) is 2. The second-order valence-electron chi connectivity index (χ2n) is 8.69. The molecule has 3 amide bonds. The van der Waals surface area contributed by atoms with Crippen LogP contribution >= 0.6 is 0 Å². The first kappa shape index (κ1) is 22.1. The first-order valence-electron chi connectivity index (χ1n) is 11.0. The molecule has 7 nitrogen and oxygen atoms in total. The van der Waals surface area contributed by atoms with Gasteiger partial charge in [0.15, 0.2) is 0 Å². The van der Waals surface area contributed by atoms with Crippen molar-refractivity contribution in [1.29, 1.82) is 0 Å². The summed E-state index contributed by atoms with van der Waals surface area (Å²) in [6.07, 6.45) is 2.15. The SMILES string of the molecule is COc1ccc(CN2CCC([C@]3(Cc4cccc(OC)c4)NC(=O)N(C)C3=O)CC2)cc1. The van der Waals surface area contributed by atoms with Gasteiger partial charge in [0.2, 0.25) is 0 Å². The summed E-state index contributed by atoms with van der Waals surface area (Å²) in [4.78, 5) is 29.4. The molecule has 1 N–H and O–H groups in total. The van der Waals surface area contributed by atoms with Crippen molar-refractivity contribution < 1.29 is 19.1 Å². The topological polar surface area (TPSA) is 71.1 Å². The van der Waals surface area contributed by atoms with Crippen LogP contribution in [0.1, 0.15) is 24.0 Å². The van der Waals surface area contributed by atoms with E-state index >= 15 is 0 Å². The molecule has 4 rings (SSSR count). The van der Waals surface area contributed by atoms with E-state index in [4.69, 9.17) is 9.47 Å². The number of rotatable bonds is 7. The molecule has 1 atom stereocenters. The first-order chi connectivity index (χ1) is 15.4. The maximum absolute atomic E-state index is 13.3. The Balaban J connectivity index is 1.49. The number of likely N-dealkylation sites (tertiary alicyclic amines) is 1. The standard InChI is InChI=1S/C25H31N3O4/c1-27-23(29)25(26-24(27)30,16-19-5-4-6-22(15-19)32-3)20-11-13-28(14-12-20)17-18-7-9-21(31-2)10-8-18/h4-10,15,20H,11-14,16-17H2,1-3H3,(H,26,30)/t25-/m0/s1. The van der Waals surface area contributed by atoms with Gasteiger partial charge < -0.3 is 14.8 Å². The molecule has 0 radical (unpaired) electrons. The van der Waals surface area contributed by atoms with Gasteiger partial charge in [-0.05, 0) is 67.2 Å². The first-order valence-corrected chi connectivity index (χ1v) is 11.0. The number of carbonyl (C=O) groups is 2. The molecule has 0 unspecified atom stereocenters. The van der Waals surface area contributed by atoms with Crippen LogP contribution < -0.4 is 14.8 Å². The van der Waals surface area contributed by atoms with Crippen molar-refractivity contribution in [3.8, 4) is 11.5 Å². The Morgan fingerprint density at radius 3 is 2.25 bits per heavy atom. The van der Waals surface area contributed by atoms with E-state index in [1.807, 2.05) is 36.4 Å². The quantitative estimate of drug-likeness (QED) is 0.674. The zero-order chi connectivity index (χ0) is 22.7. The van der Waals surface area contributed by atoms with Crippen molar-refractivity contribution in [1.82, 2.24) is 15.1 Å². The Morgan fingerprint density at radius 1 is 0.969 bits per heavy atom. The molecule has 32 heavy (non-hydrogen) atoms. The molecule has 0 saturated carbocycles. The van der Waals surface area contributed by atoms with Crippen LogP contribution in [0.15, 0.2) is 48.5 Å². The fourth-order valence-electron chi connectivity index (χ4n) is 4.94. The average Bonchev–Trinajstić information content (AvgIpc) is 3.04. The van der Waals surface area contributed by atoms with Crippen LogP contribution in [0, 0.1) is 5.92 Å². The summed E-state index contributed by atoms with van der Waals surface area (Å²) >= 11 is 0. The molecule has 2 aromatic rings. The van der Waals surface area contributed by atoms with Crippen LogP contribution in [0.2, 0.25) is 0 Å². The fourth-order valence-corrected chi connectivity index (χ4v) is 4.94. The van der Waals surface area contributed by atoms with Crippen LogP contribution in [0.4, 0.5) is 4.79 Å². The molecule has 0 bridgehead atoms. The minimum atomic E-state index is -0.912. The number of hydrogen-bond acceptors (Lipinski definition) is 5. The van der Waals surface area contributed by atoms with Gasteiger partial charge >= 0.3 is 6.03 Å². The zero-order valence-corrected chi connectivity index (χ0v) is 19.0. The third kappa shape index (κ3) is 4.30. The molecule has 2 aromatic carbocycles. The second kappa shape index (κ2) is 9.20. The van der Waals surface area contributed by atoms with Crippen molar-refractivity contribution in [2.24, 2.45) is 5.92 Å². The zero-order valence-electron chi connectivity index (χ0n) is 19.0. The molecule has 0 aliphatic carbocycles. The lowest BCUT2D eigenvalue weighted by atomic mass is 9.74. The van der Waals surface area contributed by atoms with Crippen molar-refractivity contribution in [3.63, 3.8) is 0 Å². The van der Waals surface area contributed by atoms with Crippen LogP contribution in [-0.4, -0.2) is 61.6 Å². The Morgan fingerprint density at radius 2 is 1.66 bits per heavy atom. The number of imide groups is 1. The van der Waals surface area contributed by atoms with E-state index in [9.17, 15) is 9.59 Å². The number of urea groups is 1. The molecule has 7 heteroatoms. The third-order valence-corrected chi connectivity index (χ3v) is 6.79. The van der Waals surface area contributed by atoms with E-state index in [-0.39, 0.29) is 17.9 Å². The van der Waals surface area contributed by atoms with Crippen LogP contribution in [-0.2, 0) is 17.8 Å². The number of likely N-dealkylation sites (N-methyl/N-ethyl adjacent to an activating group) is 1. The number of piperidine rings is 1. The molecule has 170 valence electrons. The highest BCUT2D eigenvalue weighted by molar-refractivity contribution is 6.07. The highest BCUT2D eigenvalue weighted by Gasteiger charge is 2.54. The van der Waals surface area contributed by atoms with Gasteiger partial charge in [0.25, 0.3) is 5.91 Å². The van der Waals surface area contributed by atoms with Crippen LogP contribution in [0.5, 0.6) is 11.5 Å². The summed E-state index contributed by atoms with van der Waals surface area (Å²) in [5.41, 5.74) is 1.30. The number of amides is 3. The molecule has 0 spiro atoms. The van der Waals surface area contributed by atoms with Crippen LogP contribution in [0.3, 0.4) is 0 Å². The Kier molecular flexibility index (Phi) is 6.37. The molecule has 2 aliphatic heterocycles. The molecule has 0 aromatic heterocycles. The number of methoxy groups -OCH3 is 2. The van der Waals surface area contributed by atoms with Crippen molar-refractivity contribution in [3.05, 3.63) is 59.7 Å². The summed E-state index contributed by atoms with van der Waals surface area (Å²) < 4.78 is 10.6. The van der Waals surface area contributed by atoms with Crippen molar-refractivity contribution in [2.45, 2.75) is 31.3 Å². The third-order valence-electron chi connectivity index (χ3n) is 6.79.